The van der Waals surface area contributed by atoms with Gasteiger partial charge in [-0.1, -0.05) is 121 Å². The molecule has 6 nitrogen and oxygen atoms in total. The van der Waals surface area contributed by atoms with Gasteiger partial charge in [0.05, 0.1) is 39.9 Å². The van der Waals surface area contributed by atoms with Crippen LogP contribution >= 0.6 is 0 Å². The Balaban J connectivity index is 1.41. The fraction of sp³-hybridized carbons (Fsp3) is 0. The van der Waals surface area contributed by atoms with Crippen molar-refractivity contribution in [2.75, 3.05) is 0 Å². The summed E-state index contributed by atoms with van der Waals surface area (Å²) in [4.78, 5) is 18.9. The quantitative estimate of drug-likeness (QED) is 0.197. The number of aromatic nitrogens is 6. The van der Waals surface area contributed by atoms with E-state index in [4.69, 9.17) is 27.8 Å². The zero-order chi connectivity index (χ0) is 41.8. The summed E-state index contributed by atoms with van der Waals surface area (Å²) < 4.78 is 115. The lowest BCUT2D eigenvalue weighted by atomic mass is 10.1. The molecular formula is C40H26N6. The molecule has 0 atom stereocenters. The molecule has 46 heavy (non-hydrogen) atoms. The summed E-state index contributed by atoms with van der Waals surface area (Å²) in [7, 11) is 0. The highest BCUT2D eigenvalue weighted by atomic mass is 15.2. The lowest BCUT2D eigenvalue weighted by Gasteiger charge is -2.13. The van der Waals surface area contributed by atoms with Crippen molar-refractivity contribution in [3.05, 3.63) is 157 Å². The number of rotatable bonds is 5. The fourth-order valence-electron chi connectivity index (χ4n) is 5.54. The van der Waals surface area contributed by atoms with Crippen molar-refractivity contribution in [1.82, 2.24) is 29.1 Å². The third kappa shape index (κ3) is 4.27. The van der Waals surface area contributed by atoms with Crippen LogP contribution < -0.4 is 0 Å². The minimum absolute atomic E-state index is 0.0963. The maximum absolute atomic E-state index is 9.01. The molecule has 0 saturated carbocycles. The van der Waals surface area contributed by atoms with Gasteiger partial charge < -0.3 is 0 Å². The van der Waals surface area contributed by atoms with E-state index in [1.165, 1.54) is 0 Å². The molecule has 0 radical (unpaired) electrons. The molecule has 0 aliphatic carbocycles. The van der Waals surface area contributed by atoms with Crippen molar-refractivity contribution in [2.24, 2.45) is 0 Å². The molecule has 0 spiro atoms. The predicted molar refractivity (Wildman–Crippen MR) is 185 cm³/mol. The van der Waals surface area contributed by atoms with Gasteiger partial charge in [0.25, 0.3) is 0 Å². The van der Waals surface area contributed by atoms with E-state index in [0.717, 1.165) is 21.2 Å². The van der Waals surface area contributed by atoms with Crippen molar-refractivity contribution in [3.63, 3.8) is 0 Å². The summed E-state index contributed by atoms with van der Waals surface area (Å²) in [5, 5.41) is -0.432. The van der Waals surface area contributed by atoms with Crippen LogP contribution in [-0.4, -0.2) is 29.1 Å². The van der Waals surface area contributed by atoms with E-state index >= 15 is 0 Å². The van der Waals surface area contributed by atoms with Gasteiger partial charge in [-0.25, -0.2) is 9.97 Å². The van der Waals surface area contributed by atoms with E-state index in [9.17, 15) is 0 Å². The van der Waals surface area contributed by atoms with E-state index in [1.807, 2.05) is 65.2 Å². The molecule has 3 heterocycles. The van der Waals surface area contributed by atoms with Crippen molar-refractivity contribution in [2.45, 2.75) is 0 Å². The van der Waals surface area contributed by atoms with Gasteiger partial charge in [-0.3, -0.25) is 9.13 Å². The Morgan fingerprint density at radius 2 is 1.09 bits per heavy atom. The highest BCUT2D eigenvalue weighted by molar-refractivity contribution is 6.09. The Labute approximate surface area is 283 Å². The molecule has 0 N–H and O–H groups in total. The van der Waals surface area contributed by atoms with Crippen LogP contribution in [0, 0.1) is 0 Å². The number of hydrogen-bond acceptors (Lipinski definition) is 4. The van der Waals surface area contributed by atoms with Gasteiger partial charge in [-0.15, -0.1) is 0 Å². The average Bonchev–Trinajstić information content (AvgIpc) is 3.83. The molecule has 9 aromatic rings. The van der Waals surface area contributed by atoms with Gasteiger partial charge in [0, 0.05) is 33.2 Å². The second kappa shape index (κ2) is 10.6. The molecule has 6 heteroatoms. The van der Waals surface area contributed by atoms with Gasteiger partial charge in [0.15, 0.2) is 11.6 Å². The molecule has 0 unspecified atom stereocenters. The smallest absolute Gasteiger partial charge is 0.238 e. The van der Waals surface area contributed by atoms with Crippen LogP contribution in [0.4, 0.5) is 0 Å². The van der Waals surface area contributed by atoms with Crippen LogP contribution in [0.25, 0.3) is 78.6 Å². The van der Waals surface area contributed by atoms with Crippen LogP contribution in [-0.2, 0) is 0 Å². The third-order valence-electron chi connectivity index (χ3n) is 7.54. The lowest BCUT2D eigenvalue weighted by Crippen LogP contribution is -2.06. The van der Waals surface area contributed by atoms with Crippen LogP contribution in [0.15, 0.2) is 157 Å². The number of fused-ring (bicyclic) bond motifs is 4. The molecule has 6 aromatic carbocycles. The first-order valence-corrected chi connectivity index (χ1v) is 14.2. The SMILES string of the molecule is [2H]c1c([2H])c([2H])c(-c2nc(-c3cccc(-n4c(-c5ccccc5)nc5ccccc54)c3)nc(-n3c4c([2H])c([2H])c([2H])c([2H])c4c4c([2H])c([2H])c([2H])c([2H])c43)n2)c([2H])c1[2H]. The zero-order valence-corrected chi connectivity index (χ0v) is 23.7. The molecule has 9 rings (SSSR count). The van der Waals surface area contributed by atoms with Gasteiger partial charge in [0.2, 0.25) is 5.95 Å². The van der Waals surface area contributed by atoms with Crippen molar-refractivity contribution >= 4 is 32.8 Å². The highest BCUT2D eigenvalue weighted by Crippen LogP contribution is 2.33. The molecule has 0 bridgehead atoms. The largest absolute Gasteiger partial charge is 0.292 e. The van der Waals surface area contributed by atoms with E-state index < -0.39 is 95.9 Å². The predicted octanol–water partition coefficient (Wildman–Crippen LogP) is 9.31. The Bertz CT molecular complexity index is 3170. The Morgan fingerprint density at radius 1 is 0.457 bits per heavy atom. The number of nitrogens with zero attached hydrogens (tertiary/aromatic N) is 6. The van der Waals surface area contributed by atoms with Gasteiger partial charge in [-0.05, 0) is 36.4 Å². The summed E-state index contributed by atoms with van der Waals surface area (Å²) in [6.45, 7) is 0. The van der Waals surface area contributed by atoms with Crippen molar-refractivity contribution in [3.8, 4) is 45.8 Å². The molecular weight excluding hydrogens is 564 g/mol. The van der Waals surface area contributed by atoms with Crippen molar-refractivity contribution < 1.29 is 17.8 Å². The standard InChI is InChI=1S/C40H26N6/c1-3-14-27(15-4-1)37-42-38(44-40(43-37)46-34-23-10-7-20-31(34)32-21-8-11-24-35(32)46)29-18-13-19-30(26-29)45-36-25-12-9-22-33(36)41-39(45)28-16-5-2-6-17-28/h1-26H/i1D,3D,4D,7D,8D,10D,11D,14D,15D,20D,21D,23D,24D. The maximum Gasteiger partial charge on any atom is 0.238 e. The molecule has 0 amide bonds. The fourth-order valence-corrected chi connectivity index (χ4v) is 5.54. The minimum atomic E-state index is -0.660. The zero-order valence-electron chi connectivity index (χ0n) is 36.7. The first-order valence-electron chi connectivity index (χ1n) is 20.7. The van der Waals surface area contributed by atoms with E-state index in [-0.39, 0.29) is 27.6 Å². The average molecular weight is 604 g/mol. The number of benzene rings is 6. The first kappa shape index (κ1) is 16.1. The van der Waals surface area contributed by atoms with Crippen LogP contribution in [0.2, 0.25) is 0 Å². The summed E-state index contributed by atoms with van der Waals surface area (Å²) >= 11 is 0. The molecule has 0 saturated heterocycles. The van der Waals surface area contributed by atoms with Crippen molar-refractivity contribution in [1.29, 1.82) is 0 Å². The summed E-state index contributed by atoms with van der Waals surface area (Å²) in [6, 6.07) is 16.1. The van der Waals surface area contributed by atoms with Crippen LogP contribution in [0.1, 0.15) is 17.8 Å². The second-order valence-electron chi connectivity index (χ2n) is 10.2. The van der Waals surface area contributed by atoms with Crippen LogP contribution in [0.5, 0.6) is 0 Å². The highest BCUT2D eigenvalue weighted by Gasteiger charge is 2.19. The third-order valence-corrected chi connectivity index (χ3v) is 7.54. The molecule has 216 valence electrons. The van der Waals surface area contributed by atoms with E-state index in [2.05, 4.69) is 9.97 Å². The topological polar surface area (TPSA) is 61.4 Å². The Kier molecular flexibility index (Phi) is 3.72. The first-order chi connectivity index (χ1) is 28.2. The number of imidazole rings is 1. The number of para-hydroxylation sites is 4. The summed E-state index contributed by atoms with van der Waals surface area (Å²) in [6.07, 6.45) is 0. The summed E-state index contributed by atoms with van der Waals surface area (Å²) in [5.41, 5.74) is 2.38. The van der Waals surface area contributed by atoms with Gasteiger partial charge in [0.1, 0.15) is 5.82 Å². The van der Waals surface area contributed by atoms with E-state index in [1.54, 1.807) is 18.2 Å². The Morgan fingerprint density at radius 3 is 1.85 bits per heavy atom. The van der Waals surface area contributed by atoms with Crippen LogP contribution in [0.3, 0.4) is 0 Å². The summed E-state index contributed by atoms with van der Waals surface area (Å²) in [5.74, 6) is -0.271. The molecule has 0 aliphatic heterocycles. The lowest BCUT2D eigenvalue weighted by molar-refractivity contribution is 0.953. The molecule has 3 aromatic heterocycles. The molecule has 0 fully saturated rings. The minimum Gasteiger partial charge on any atom is -0.292 e. The van der Waals surface area contributed by atoms with E-state index in [0.29, 0.717) is 17.1 Å². The normalized spacial score (nSPS) is 15.4. The van der Waals surface area contributed by atoms with Gasteiger partial charge in [-0.2, -0.15) is 9.97 Å². The molecule has 0 aliphatic rings. The number of hydrogen-bond donors (Lipinski definition) is 0. The second-order valence-corrected chi connectivity index (χ2v) is 10.2. The monoisotopic (exact) mass is 603 g/mol. The van der Waals surface area contributed by atoms with Gasteiger partial charge >= 0.3 is 0 Å². The Hall–Kier alpha value is -6.40. The maximum atomic E-state index is 9.01.